The molecule has 0 saturated heterocycles. The summed E-state index contributed by atoms with van der Waals surface area (Å²) in [6.45, 7) is 0. The van der Waals surface area contributed by atoms with Gasteiger partial charge in [0.1, 0.15) is 0 Å². The van der Waals surface area contributed by atoms with Crippen molar-refractivity contribution in [2.75, 3.05) is 7.05 Å². The number of rotatable bonds is 4. The maximum atomic E-state index is 3.65. The first-order chi connectivity index (χ1) is 10.1. The minimum absolute atomic E-state index is 0.522. The fraction of sp³-hybridized carbons (Fsp3) is 0.765. The summed E-state index contributed by atoms with van der Waals surface area (Å²) in [5.74, 6) is 3.15. The Morgan fingerprint density at radius 3 is 2.19 bits per heavy atom. The van der Waals surface area contributed by atoms with Gasteiger partial charge in [0.2, 0.25) is 0 Å². The van der Waals surface area contributed by atoms with Crippen LogP contribution in [0.5, 0.6) is 0 Å². The van der Waals surface area contributed by atoms with Crippen LogP contribution in [0.3, 0.4) is 0 Å². The molecule has 1 atom stereocenters. The van der Waals surface area contributed by atoms with E-state index < -0.39 is 0 Å². The Kier molecular flexibility index (Phi) is 4.05. The summed E-state index contributed by atoms with van der Waals surface area (Å²) < 4.78 is 2.43. The molecule has 4 fully saturated rings. The zero-order chi connectivity index (χ0) is 14.6. The van der Waals surface area contributed by atoms with Crippen molar-refractivity contribution < 1.29 is 0 Å². The van der Waals surface area contributed by atoms with Gasteiger partial charge in [0.15, 0.2) is 0 Å². The lowest BCUT2D eigenvalue weighted by molar-refractivity contribution is -0.0618. The molecule has 0 amide bonds. The Balaban J connectivity index is 1.56. The van der Waals surface area contributed by atoms with E-state index in [9.17, 15) is 0 Å². The number of hydrogen-bond donors (Lipinski definition) is 1. The van der Waals surface area contributed by atoms with Crippen molar-refractivity contribution in [1.29, 1.82) is 0 Å². The van der Waals surface area contributed by atoms with E-state index in [0.29, 0.717) is 11.5 Å². The van der Waals surface area contributed by atoms with E-state index in [0.717, 1.165) is 17.8 Å². The molecular weight excluding hydrogens is 410 g/mol. The van der Waals surface area contributed by atoms with Crippen LogP contribution < -0.4 is 5.32 Å². The summed E-state index contributed by atoms with van der Waals surface area (Å²) >= 11 is 9.18. The van der Waals surface area contributed by atoms with Gasteiger partial charge < -0.3 is 5.32 Å². The van der Waals surface area contributed by atoms with E-state index >= 15 is 0 Å². The minimum Gasteiger partial charge on any atom is -0.312 e. The molecule has 21 heavy (non-hydrogen) atoms. The highest BCUT2D eigenvalue weighted by molar-refractivity contribution is 9.13. The number of thiophene rings is 1. The van der Waals surface area contributed by atoms with Crippen LogP contribution in [0.2, 0.25) is 0 Å². The molecular formula is C17H23Br2NS. The lowest BCUT2D eigenvalue weighted by Crippen LogP contribution is -2.47. The van der Waals surface area contributed by atoms with Gasteiger partial charge in [0, 0.05) is 15.4 Å². The predicted octanol–water partition coefficient (Wildman–Crippen LogP) is 6.14. The Hall–Kier alpha value is 0.620. The maximum Gasteiger partial charge on any atom is 0.0843 e. The van der Waals surface area contributed by atoms with E-state index in [-0.39, 0.29) is 0 Å². The summed E-state index contributed by atoms with van der Waals surface area (Å²) in [6, 6.07) is 2.82. The second-order valence-electron chi connectivity index (χ2n) is 7.73. The molecule has 4 aliphatic carbocycles. The van der Waals surface area contributed by atoms with Gasteiger partial charge in [-0.05, 0) is 113 Å². The first-order valence-corrected chi connectivity index (χ1v) is 10.6. The molecule has 1 aromatic heterocycles. The summed E-state index contributed by atoms with van der Waals surface area (Å²) in [4.78, 5) is 1.48. The summed E-state index contributed by atoms with van der Waals surface area (Å²) in [5, 5.41) is 3.60. The summed E-state index contributed by atoms with van der Waals surface area (Å²) in [5.41, 5.74) is 0.644. The Labute approximate surface area is 148 Å². The Morgan fingerprint density at radius 2 is 1.76 bits per heavy atom. The molecule has 5 rings (SSSR count). The summed E-state index contributed by atoms with van der Waals surface area (Å²) in [6.07, 6.45) is 10.5. The molecule has 0 radical (unpaired) electrons. The van der Waals surface area contributed by atoms with Crippen molar-refractivity contribution in [2.24, 2.45) is 23.2 Å². The van der Waals surface area contributed by atoms with E-state index in [1.165, 1.54) is 38.8 Å². The molecule has 0 aromatic carbocycles. The molecule has 4 heteroatoms. The van der Waals surface area contributed by atoms with Crippen molar-refractivity contribution >= 4 is 43.2 Å². The lowest BCUT2D eigenvalue weighted by Gasteiger charge is -2.57. The van der Waals surface area contributed by atoms with Gasteiger partial charge in [-0.15, -0.1) is 11.3 Å². The fourth-order valence-electron chi connectivity index (χ4n) is 5.85. The average Bonchev–Trinajstić information content (AvgIpc) is 2.74. The second kappa shape index (κ2) is 5.61. The molecule has 4 saturated carbocycles. The quantitative estimate of drug-likeness (QED) is 0.602. The van der Waals surface area contributed by atoms with Gasteiger partial charge in [0.25, 0.3) is 0 Å². The van der Waals surface area contributed by atoms with Gasteiger partial charge >= 0.3 is 0 Å². The van der Waals surface area contributed by atoms with Crippen LogP contribution in [-0.2, 0) is 0 Å². The third-order valence-electron chi connectivity index (χ3n) is 6.16. The van der Waals surface area contributed by atoms with Crippen LogP contribution in [0, 0.1) is 23.2 Å². The first-order valence-electron chi connectivity index (χ1n) is 8.19. The molecule has 0 spiro atoms. The average molecular weight is 433 g/mol. The smallest absolute Gasteiger partial charge is 0.0843 e. The lowest BCUT2D eigenvalue weighted by atomic mass is 9.48. The molecule has 4 aliphatic rings. The van der Waals surface area contributed by atoms with E-state index in [4.69, 9.17) is 0 Å². The molecule has 4 bridgehead atoms. The molecule has 1 N–H and O–H groups in total. The zero-order valence-corrected chi connectivity index (χ0v) is 16.5. The van der Waals surface area contributed by atoms with E-state index in [1.807, 2.05) is 11.3 Å². The second-order valence-corrected chi connectivity index (χ2v) is 11.0. The van der Waals surface area contributed by atoms with Crippen LogP contribution in [-0.4, -0.2) is 7.05 Å². The predicted molar refractivity (Wildman–Crippen MR) is 96.7 cm³/mol. The topological polar surface area (TPSA) is 12.0 Å². The fourth-order valence-corrected chi connectivity index (χ4v) is 8.05. The molecule has 1 nitrogen and oxygen atoms in total. The minimum atomic E-state index is 0.522. The van der Waals surface area contributed by atoms with Crippen molar-refractivity contribution in [3.05, 3.63) is 19.2 Å². The molecule has 0 aliphatic heterocycles. The van der Waals surface area contributed by atoms with Crippen LogP contribution in [0.25, 0.3) is 0 Å². The summed E-state index contributed by atoms with van der Waals surface area (Å²) in [7, 11) is 2.13. The molecule has 1 heterocycles. The zero-order valence-electron chi connectivity index (χ0n) is 12.5. The Morgan fingerprint density at radius 1 is 1.19 bits per heavy atom. The highest BCUT2D eigenvalue weighted by Crippen LogP contribution is 2.62. The first kappa shape index (κ1) is 15.2. The van der Waals surface area contributed by atoms with Crippen molar-refractivity contribution in [1.82, 2.24) is 5.32 Å². The number of halogens is 2. The maximum absolute atomic E-state index is 3.65. The largest absolute Gasteiger partial charge is 0.312 e. The van der Waals surface area contributed by atoms with Crippen molar-refractivity contribution in [3.63, 3.8) is 0 Å². The molecule has 1 unspecified atom stereocenters. The van der Waals surface area contributed by atoms with Crippen LogP contribution in [0.15, 0.2) is 14.3 Å². The van der Waals surface area contributed by atoms with Crippen molar-refractivity contribution in [3.8, 4) is 0 Å². The Bertz CT molecular complexity index is 484. The molecule has 1 aromatic rings. The molecule has 116 valence electrons. The number of hydrogen-bond acceptors (Lipinski definition) is 2. The SMILES string of the molecule is CNC(CC12CC3CC(CC(C3)C1)C2)c1cc(Br)c(Br)s1. The van der Waals surface area contributed by atoms with E-state index in [1.54, 1.807) is 19.3 Å². The highest BCUT2D eigenvalue weighted by Gasteiger charge is 2.51. The van der Waals surface area contributed by atoms with Gasteiger partial charge in [-0.1, -0.05) is 0 Å². The number of nitrogens with one attached hydrogen (secondary N) is 1. The van der Waals surface area contributed by atoms with Gasteiger partial charge in [-0.3, -0.25) is 0 Å². The van der Waals surface area contributed by atoms with E-state index in [2.05, 4.69) is 50.3 Å². The monoisotopic (exact) mass is 431 g/mol. The van der Waals surface area contributed by atoms with Crippen LogP contribution >= 0.6 is 43.2 Å². The van der Waals surface area contributed by atoms with Gasteiger partial charge in [-0.25, -0.2) is 0 Å². The van der Waals surface area contributed by atoms with Crippen LogP contribution in [0.1, 0.15) is 55.9 Å². The third kappa shape index (κ3) is 2.79. The third-order valence-corrected chi connectivity index (χ3v) is 9.53. The van der Waals surface area contributed by atoms with Crippen molar-refractivity contribution in [2.45, 2.75) is 51.0 Å². The highest BCUT2D eigenvalue weighted by atomic mass is 79.9. The normalized spacial score (nSPS) is 38.9. The van der Waals surface area contributed by atoms with Gasteiger partial charge in [0.05, 0.1) is 3.79 Å². The standard InChI is InChI=1S/C17H23Br2NS/c1-20-14(15-5-13(18)16(19)21-15)9-17-6-10-2-11(7-17)4-12(3-10)8-17/h5,10-12,14,20H,2-4,6-9H2,1H3. The van der Waals surface area contributed by atoms with Crippen LogP contribution in [0.4, 0.5) is 0 Å². The van der Waals surface area contributed by atoms with Gasteiger partial charge in [-0.2, -0.15) is 0 Å².